The second-order valence-corrected chi connectivity index (χ2v) is 6.14. The molecule has 0 amide bonds. The number of sulfone groups is 1. The van der Waals surface area contributed by atoms with E-state index < -0.39 is 9.84 Å². The van der Waals surface area contributed by atoms with Crippen molar-refractivity contribution in [1.82, 2.24) is 4.98 Å². The van der Waals surface area contributed by atoms with E-state index in [2.05, 4.69) is 4.98 Å². The second kappa shape index (κ2) is 4.96. The number of hydrogen-bond acceptors (Lipinski definition) is 4. The van der Waals surface area contributed by atoms with Crippen LogP contribution in [0, 0.1) is 0 Å². The van der Waals surface area contributed by atoms with Gasteiger partial charge in [0, 0.05) is 11.9 Å². The van der Waals surface area contributed by atoms with Crippen LogP contribution < -0.4 is 5.73 Å². The Hall–Kier alpha value is -1.59. The van der Waals surface area contributed by atoms with Crippen LogP contribution in [0.5, 0.6) is 0 Å². The molecule has 1 aromatic heterocycles. The maximum Gasteiger partial charge on any atom is 0.185 e. The fourth-order valence-corrected chi connectivity index (χ4v) is 3.41. The number of nitrogen functional groups attached to an aromatic ring is 1. The highest BCUT2D eigenvalue weighted by atomic mass is 35.5. The van der Waals surface area contributed by atoms with Crippen LogP contribution in [0.2, 0.25) is 5.02 Å². The van der Waals surface area contributed by atoms with Crippen LogP contribution in [0.3, 0.4) is 0 Å². The third-order valence-electron chi connectivity index (χ3n) is 2.36. The molecule has 0 unspecified atom stereocenters. The van der Waals surface area contributed by atoms with E-state index in [1.807, 2.05) is 0 Å². The average Bonchev–Trinajstić information content (AvgIpc) is 2.29. The molecule has 1 aromatic carbocycles. The van der Waals surface area contributed by atoms with E-state index in [0.29, 0.717) is 11.4 Å². The van der Waals surface area contributed by atoms with E-state index in [4.69, 9.17) is 17.3 Å². The van der Waals surface area contributed by atoms with Crippen LogP contribution in [0.25, 0.3) is 0 Å². The first-order valence-electron chi connectivity index (χ1n) is 5.17. The molecule has 0 aliphatic carbocycles. The van der Waals surface area contributed by atoms with Crippen molar-refractivity contribution in [2.45, 2.75) is 10.6 Å². The van der Waals surface area contributed by atoms with Gasteiger partial charge in [-0.05, 0) is 30.3 Å². The zero-order chi connectivity index (χ0) is 13.2. The summed E-state index contributed by atoms with van der Waals surface area (Å²) in [6.45, 7) is 0. The van der Waals surface area contributed by atoms with Crippen molar-refractivity contribution in [1.29, 1.82) is 0 Å². The first-order chi connectivity index (χ1) is 8.49. The molecule has 0 spiro atoms. The summed E-state index contributed by atoms with van der Waals surface area (Å²) >= 11 is 5.90. The molecule has 94 valence electrons. The van der Waals surface area contributed by atoms with Crippen LogP contribution >= 0.6 is 11.6 Å². The third kappa shape index (κ3) is 2.80. The molecule has 0 saturated carbocycles. The lowest BCUT2D eigenvalue weighted by Gasteiger charge is -2.06. The fraction of sp³-hybridized carbons (Fsp3) is 0.0833. The molecule has 4 nitrogen and oxygen atoms in total. The minimum absolute atomic E-state index is 0.0732. The highest BCUT2D eigenvalue weighted by Gasteiger charge is 2.19. The van der Waals surface area contributed by atoms with Gasteiger partial charge in [0.25, 0.3) is 0 Å². The van der Waals surface area contributed by atoms with Gasteiger partial charge in [0.1, 0.15) is 0 Å². The van der Waals surface area contributed by atoms with Crippen LogP contribution in [0.15, 0.2) is 47.5 Å². The van der Waals surface area contributed by atoms with Crippen LogP contribution in [0.1, 0.15) is 5.69 Å². The summed E-state index contributed by atoms with van der Waals surface area (Å²) < 4.78 is 24.3. The number of halogens is 1. The summed E-state index contributed by atoms with van der Waals surface area (Å²) in [6.07, 6.45) is 1.55. The quantitative estimate of drug-likeness (QED) is 0.877. The van der Waals surface area contributed by atoms with Crippen molar-refractivity contribution >= 4 is 27.1 Å². The average molecular weight is 283 g/mol. The molecule has 0 aliphatic rings. The van der Waals surface area contributed by atoms with Gasteiger partial charge in [-0.1, -0.05) is 17.7 Å². The molecule has 0 saturated heterocycles. The molecule has 0 radical (unpaired) electrons. The molecule has 2 N–H and O–H groups in total. The Morgan fingerprint density at radius 3 is 2.61 bits per heavy atom. The first kappa shape index (κ1) is 12.9. The zero-order valence-electron chi connectivity index (χ0n) is 9.38. The van der Waals surface area contributed by atoms with Crippen molar-refractivity contribution in [2.75, 3.05) is 5.73 Å². The minimum atomic E-state index is -3.51. The zero-order valence-corrected chi connectivity index (χ0v) is 10.9. The van der Waals surface area contributed by atoms with Gasteiger partial charge in [-0.15, -0.1) is 0 Å². The standard InChI is InChI=1S/C12H11ClN2O2S/c13-11-7-9(14)4-5-12(11)18(16,17)8-10-3-1-2-6-15-10/h1-7H,8,14H2. The topological polar surface area (TPSA) is 73.1 Å². The minimum Gasteiger partial charge on any atom is -0.399 e. The molecule has 1 heterocycles. The number of nitrogens with zero attached hydrogens (tertiary/aromatic N) is 1. The second-order valence-electron chi connectivity index (χ2n) is 3.77. The normalized spacial score (nSPS) is 11.4. The predicted molar refractivity (Wildman–Crippen MR) is 71.0 cm³/mol. The Kier molecular flexibility index (Phi) is 3.54. The summed E-state index contributed by atoms with van der Waals surface area (Å²) in [5, 5.41) is 0.130. The van der Waals surface area contributed by atoms with E-state index in [1.165, 1.54) is 18.2 Å². The Morgan fingerprint density at radius 2 is 2.00 bits per heavy atom. The van der Waals surface area contributed by atoms with Crippen molar-refractivity contribution in [3.8, 4) is 0 Å². The lowest BCUT2D eigenvalue weighted by atomic mass is 10.3. The lowest BCUT2D eigenvalue weighted by molar-refractivity contribution is 0.594. The summed E-state index contributed by atoms with van der Waals surface area (Å²) in [4.78, 5) is 4.06. The van der Waals surface area contributed by atoms with E-state index in [0.717, 1.165) is 0 Å². The van der Waals surface area contributed by atoms with Gasteiger partial charge in [0.05, 0.1) is 21.4 Å². The largest absolute Gasteiger partial charge is 0.399 e. The number of nitrogens with two attached hydrogens (primary N) is 1. The Bertz CT molecular complexity index is 657. The molecule has 6 heteroatoms. The smallest absolute Gasteiger partial charge is 0.185 e. The van der Waals surface area contributed by atoms with Gasteiger partial charge in [-0.2, -0.15) is 0 Å². The van der Waals surface area contributed by atoms with Crippen LogP contribution in [-0.4, -0.2) is 13.4 Å². The molecule has 18 heavy (non-hydrogen) atoms. The van der Waals surface area contributed by atoms with Gasteiger partial charge in [-0.3, -0.25) is 4.98 Å². The number of aromatic nitrogens is 1. The highest BCUT2D eigenvalue weighted by Crippen LogP contribution is 2.26. The van der Waals surface area contributed by atoms with Gasteiger partial charge in [-0.25, -0.2) is 8.42 Å². The van der Waals surface area contributed by atoms with Crippen molar-refractivity contribution < 1.29 is 8.42 Å². The summed E-state index contributed by atoms with van der Waals surface area (Å²) in [5.74, 6) is -0.183. The summed E-state index contributed by atoms with van der Waals surface area (Å²) in [7, 11) is -3.51. The lowest BCUT2D eigenvalue weighted by Crippen LogP contribution is -2.07. The van der Waals surface area contributed by atoms with Crippen molar-refractivity contribution in [3.63, 3.8) is 0 Å². The molecular formula is C12H11ClN2O2S. The Labute approximate surface area is 110 Å². The number of hydrogen-bond donors (Lipinski definition) is 1. The first-order valence-corrected chi connectivity index (χ1v) is 7.20. The summed E-state index contributed by atoms with van der Waals surface area (Å²) in [6, 6.07) is 9.47. The Morgan fingerprint density at radius 1 is 1.22 bits per heavy atom. The fourth-order valence-electron chi connectivity index (χ4n) is 1.53. The maximum atomic E-state index is 12.2. The molecule has 0 aliphatic heterocycles. The monoisotopic (exact) mass is 282 g/mol. The third-order valence-corrected chi connectivity index (χ3v) is 4.48. The van der Waals surface area contributed by atoms with Crippen LogP contribution in [-0.2, 0) is 15.6 Å². The SMILES string of the molecule is Nc1ccc(S(=O)(=O)Cc2ccccn2)c(Cl)c1. The van der Waals surface area contributed by atoms with Gasteiger partial charge in [0.15, 0.2) is 9.84 Å². The molecular weight excluding hydrogens is 272 g/mol. The molecule has 2 rings (SSSR count). The van der Waals surface area contributed by atoms with Gasteiger partial charge < -0.3 is 5.73 Å². The molecule has 0 fully saturated rings. The maximum absolute atomic E-state index is 12.2. The highest BCUT2D eigenvalue weighted by molar-refractivity contribution is 7.90. The van der Waals surface area contributed by atoms with E-state index in [1.54, 1.807) is 24.4 Å². The molecule has 0 bridgehead atoms. The number of anilines is 1. The Balaban J connectivity index is 2.37. The number of benzene rings is 1. The van der Waals surface area contributed by atoms with Crippen LogP contribution in [0.4, 0.5) is 5.69 Å². The molecule has 2 aromatic rings. The van der Waals surface area contributed by atoms with Crippen molar-refractivity contribution in [3.05, 3.63) is 53.3 Å². The predicted octanol–water partition coefficient (Wildman–Crippen LogP) is 2.29. The number of rotatable bonds is 3. The van der Waals surface area contributed by atoms with Gasteiger partial charge >= 0.3 is 0 Å². The number of pyridine rings is 1. The van der Waals surface area contributed by atoms with Gasteiger partial charge in [0.2, 0.25) is 0 Å². The molecule has 0 atom stereocenters. The summed E-state index contributed by atoms with van der Waals surface area (Å²) in [5.41, 5.74) is 6.44. The van der Waals surface area contributed by atoms with E-state index >= 15 is 0 Å². The van der Waals surface area contributed by atoms with E-state index in [-0.39, 0.29) is 15.7 Å². The van der Waals surface area contributed by atoms with Crippen molar-refractivity contribution in [2.24, 2.45) is 0 Å². The van der Waals surface area contributed by atoms with E-state index in [9.17, 15) is 8.42 Å².